The lowest BCUT2D eigenvalue weighted by molar-refractivity contribution is 0.247. The Hall–Kier alpha value is -1.58. The molecule has 0 fully saturated rings. The van der Waals surface area contributed by atoms with Gasteiger partial charge in [-0.25, -0.2) is 9.18 Å². The van der Waals surface area contributed by atoms with Crippen molar-refractivity contribution in [3.8, 4) is 0 Å². The monoisotopic (exact) mass is 238 g/mol. The maximum absolute atomic E-state index is 13.3. The lowest BCUT2D eigenvalue weighted by Gasteiger charge is -2.15. The number of halogens is 1. The second kappa shape index (κ2) is 6.23. The minimum absolute atomic E-state index is 0.158. The van der Waals surface area contributed by atoms with E-state index in [0.29, 0.717) is 11.3 Å². The van der Waals surface area contributed by atoms with Crippen LogP contribution in [0.25, 0.3) is 0 Å². The fraction of sp³-hybridized carbons (Fsp3) is 0.462. The lowest BCUT2D eigenvalue weighted by atomic mass is 10.2. The number of anilines is 1. The van der Waals surface area contributed by atoms with Crippen molar-refractivity contribution < 1.29 is 9.18 Å². The minimum Gasteiger partial charge on any atom is -0.335 e. The topological polar surface area (TPSA) is 41.1 Å². The molecule has 0 radical (unpaired) electrons. The summed E-state index contributed by atoms with van der Waals surface area (Å²) in [6, 6.07) is 4.52. The zero-order valence-corrected chi connectivity index (χ0v) is 10.5. The molecule has 0 aliphatic carbocycles. The highest BCUT2D eigenvalue weighted by Gasteiger charge is 2.08. The molecule has 0 heterocycles. The van der Waals surface area contributed by atoms with Gasteiger partial charge in [0, 0.05) is 11.7 Å². The molecule has 0 bridgehead atoms. The third kappa shape index (κ3) is 4.06. The number of rotatable bonds is 4. The van der Waals surface area contributed by atoms with E-state index in [2.05, 4.69) is 10.6 Å². The van der Waals surface area contributed by atoms with Crippen molar-refractivity contribution >= 4 is 11.7 Å². The van der Waals surface area contributed by atoms with Crippen LogP contribution in [0.2, 0.25) is 0 Å². The van der Waals surface area contributed by atoms with Crippen LogP contribution in [0.1, 0.15) is 32.3 Å². The highest BCUT2D eigenvalue weighted by molar-refractivity contribution is 5.89. The summed E-state index contributed by atoms with van der Waals surface area (Å²) in [7, 11) is 0. The highest BCUT2D eigenvalue weighted by atomic mass is 19.1. The number of hydrogen-bond donors (Lipinski definition) is 2. The van der Waals surface area contributed by atoms with Crippen LogP contribution in [0.3, 0.4) is 0 Å². The molecular formula is C13H19FN2O. The van der Waals surface area contributed by atoms with Crippen molar-refractivity contribution in [1.82, 2.24) is 5.32 Å². The Morgan fingerprint density at radius 3 is 2.53 bits per heavy atom. The first kappa shape index (κ1) is 13.5. The summed E-state index contributed by atoms with van der Waals surface area (Å²) in [5, 5.41) is 5.45. The summed E-state index contributed by atoms with van der Waals surface area (Å²) >= 11 is 0. The number of aryl methyl sites for hydroxylation is 1. The van der Waals surface area contributed by atoms with Crippen molar-refractivity contribution in [3.05, 3.63) is 29.6 Å². The number of hydrogen-bond acceptors (Lipinski definition) is 1. The van der Waals surface area contributed by atoms with Gasteiger partial charge in [-0.05, 0) is 37.5 Å². The van der Waals surface area contributed by atoms with Gasteiger partial charge in [-0.2, -0.15) is 0 Å². The van der Waals surface area contributed by atoms with E-state index in [1.165, 1.54) is 6.07 Å². The predicted octanol–water partition coefficient (Wildman–Crippen LogP) is 3.44. The summed E-state index contributed by atoms with van der Waals surface area (Å²) in [6.45, 7) is 5.71. The summed E-state index contributed by atoms with van der Waals surface area (Å²) in [5.74, 6) is -0.315. The quantitative estimate of drug-likeness (QED) is 0.828. The van der Waals surface area contributed by atoms with Crippen LogP contribution < -0.4 is 10.6 Å². The molecule has 0 saturated carbocycles. The van der Waals surface area contributed by atoms with Crippen LogP contribution in [-0.2, 0) is 0 Å². The third-order valence-corrected chi connectivity index (χ3v) is 2.75. The van der Waals surface area contributed by atoms with Crippen molar-refractivity contribution in [2.75, 3.05) is 5.32 Å². The molecule has 0 saturated heterocycles. The van der Waals surface area contributed by atoms with E-state index in [0.717, 1.165) is 12.8 Å². The summed E-state index contributed by atoms with van der Waals surface area (Å²) in [5.41, 5.74) is 1.03. The molecule has 0 spiro atoms. The molecule has 1 rings (SSSR count). The first-order chi connectivity index (χ1) is 8.06. The first-order valence-corrected chi connectivity index (χ1v) is 5.90. The standard InChI is InChI=1S/C13H19FN2O/c1-4-10(5-2)15-13(17)16-11-7-6-9(3)12(14)8-11/h6-8,10H,4-5H2,1-3H3,(H2,15,16,17). The van der Waals surface area contributed by atoms with Crippen LogP contribution in [0.15, 0.2) is 18.2 Å². The molecule has 4 heteroatoms. The Morgan fingerprint density at radius 2 is 2.00 bits per heavy atom. The maximum atomic E-state index is 13.3. The molecule has 1 aromatic carbocycles. The normalized spacial score (nSPS) is 10.4. The van der Waals surface area contributed by atoms with E-state index in [1.807, 2.05) is 13.8 Å². The van der Waals surface area contributed by atoms with Crippen LogP contribution in [-0.4, -0.2) is 12.1 Å². The molecule has 0 aliphatic rings. The Kier molecular flexibility index (Phi) is 4.94. The molecule has 0 aliphatic heterocycles. The van der Waals surface area contributed by atoms with Crippen molar-refractivity contribution in [2.45, 2.75) is 39.7 Å². The van der Waals surface area contributed by atoms with E-state index in [9.17, 15) is 9.18 Å². The molecule has 0 aromatic heterocycles. The number of amides is 2. The number of benzene rings is 1. The summed E-state index contributed by atoms with van der Waals surface area (Å²) < 4.78 is 13.3. The van der Waals surface area contributed by atoms with Gasteiger partial charge >= 0.3 is 6.03 Å². The predicted molar refractivity (Wildman–Crippen MR) is 67.7 cm³/mol. The largest absolute Gasteiger partial charge is 0.335 e. The summed E-state index contributed by atoms with van der Waals surface area (Å²) in [6.07, 6.45) is 1.76. The minimum atomic E-state index is -0.315. The molecule has 3 nitrogen and oxygen atoms in total. The lowest BCUT2D eigenvalue weighted by Crippen LogP contribution is -2.37. The Balaban J connectivity index is 2.58. The third-order valence-electron chi connectivity index (χ3n) is 2.75. The van der Waals surface area contributed by atoms with Crippen molar-refractivity contribution in [2.24, 2.45) is 0 Å². The molecule has 0 unspecified atom stereocenters. The average Bonchev–Trinajstić information content (AvgIpc) is 2.31. The zero-order valence-electron chi connectivity index (χ0n) is 10.5. The van der Waals surface area contributed by atoms with Gasteiger partial charge in [0.25, 0.3) is 0 Å². The van der Waals surface area contributed by atoms with E-state index in [4.69, 9.17) is 0 Å². The van der Waals surface area contributed by atoms with Gasteiger partial charge < -0.3 is 10.6 Å². The molecule has 17 heavy (non-hydrogen) atoms. The SMILES string of the molecule is CCC(CC)NC(=O)Nc1ccc(C)c(F)c1. The van der Waals surface area contributed by atoms with E-state index < -0.39 is 0 Å². The fourth-order valence-electron chi connectivity index (χ4n) is 1.52. The highest BCUT2D eigenvalue weighted by Crippen LogP contribution is 2.13. The number of urea groups is 1. The van der Waals surface area contributed by atoms with Crippen LogP contribution >= 0.6 is 0 Å². The van der Waals surface area contributed by atoms with Crippen LogP contribution in [0.5, 0.6) is 0 Å². The second-order valence-corrected chi connectivity index (χ2v) is 4.08. The second-order valence-electron chi connectivity index (χ2n) is 4.08. The molecule has 94 valence electrons. The van der Waals surface area contributed by atoms with E-state index in [1.54, 1.807) is 19.1 Å². The van der Waals surface area contributed by atoms with Crippen LogP contribution in [0, 0.1) is 12.7 Å². The Labute approximate surface area is 101 Å². The fourth-order valence-corrected chi connectivity index (χ4v) is 1.52. The van der Waals surface area contributed by atoms with Gasteiger partial charge in [0.15, 0.2) is 0 Å². The zero-order chi connectivity index (χ0) is 12.8. The van der Waals surface area contributed by atoms with E-state index in [-0.39, 0.29) is 17.9 Å². The Bertz CT molecular complexity index is 389. The summed E-state index contributed by atoms with van der Waals surface area (Å²) in [4.78, 5) is 11.6. The van der Waals surface area contributed by atoms with Gasteiger partial charge in [0.1, 0.15) is 5.82 Å². The van der Waals surface area contributed by atoms with Gasteiger partial charge in [-0.1, -0.05) is 19.9 Å². The smallest absolute Gasteiger partial charge is 0.319 e. The van der Waals surface area contributed by atoms with Gasteiger partial charge in [0.2, 0.25) is 0 Å². The number of nitrogens with one attached hydrogen (secondary N) is 2. The van der Waals surface area contributed by atoms with Crippen molar-refractivity contribution in [1.29, 1.82) is 0 Å². The van der Waals surface area contributed by atoms with Gasteiger partial charge in [-0.15, -0.1) is 0 Å². The number of carbonyl (C=O) groups is 1. The van der Waals surface area contributed by atoms with Crippen molar-refractivity contribution in [3.63, 3.8) is 0 Å². The maximum Gasteiger partial charge on any atom is 0.319 e. The van der Waals surface area contributed by atoms with Gasteiger partial charge in [0.05, 0.1) is 0 Å². The molecule has 2 N–H and O–H groups in total. The molecule has 1 aromatic rings. The Morgan fingerprint density at radius 1 is 1.35 bits per heavy atom. The van der Waals surface area contributed by atoms with E-state index >= 15 is 0 Å². The average molecular weight is 238 g/mol. The van der Waals surface area contributed by atoms with Crippen LogP contribution in [0.4, 0.5) is 14.9 Å². The molecular weight excluding hydrogens is 219 g/mol. The van der Waals surface area contributed by atoms with Gasteiger partial charge in [-0.3, -0.25) is 0 Å². The number of carbonyl (C=O) groups excluding carboxylic acids is 1. The molecule has 2 amide bonds. The molecule has 0 atom stereocenters. The first-order valence-electron chi connectivity index (χ1n) is 5.90.